The van der Waals surface area contributed by atoms with Crippen molar-refractivity contribution in [1.82, 2.24) is 4.49 Å². The van der Waals surface area contributed by atoms with Crippen LogP contribution in [0.15, 0.2) is 23.1 Å². The second-order valence-corrected chi connectivity index (χ2v) is 6.35. The van der Waals surface area contributed by atoms with Gasteiger partial charge in [0.05, 0.1) is 4.90 Å². The number of nitrogens with one attached hydrogen (secondary N) is 1. The highest BCUT2D eigenvalue weighted by Gasteiger charge is 2.26. The SMILES string of the molecule is Cc1ccc(O)cc1S(=O)(=O)NP(=O)(O)O. The van der Waals surface area contributed by atoms with E-state index >= 15 is 0 Å². The molecule has 0 saturated heterocycles. The van der Waals surface area contributed by atoms with Gasteiger partial charge in [0.1, 0.15) is 5.75 Å². The second kappa shape index (κ2) is 4.15. The minimum atomic E-state index is -4.91. The molecule has 0 saturated carbocycles. The van der Waals surface area contributed by atoms with Crippen LogP contribution >= 0.6 is 7.75 Å². The van der Waals surface area contributed by atoms with Gasteiger partial charge in [-0.05, 0) is 18.6 Å². The van der Waals surface area contributed by atoms with Crippen molar-refractivity contribution in [2.24, 2.45) is 0 Å². The van der Waals surface area contributed by atoms with Crippen LogP contribution in [0.5, 0.6) is 5.75 Å². The maximum atomic E-state index is 11.5. The first-order chi connectivity index (χ1) is 7.12. The summed E-state index contributed by atoms with van der Waals surface area (Å²) >= 11 is 0. The molecule has 0 atom stereocenters. The summed E-state index contributed by atoms with van der Waals surface area (Å²) in [5.41, 5.74) is 0.263. The van der Waals surface area contributed by atoms with Gasteiger partial charge in [-0.15, -0.1) is 4.49 Å². The normalized spacial score (nSPS) is 12.7. The lowest BCUT2D eigenvalue weighted by atomic mass is 10.2. The Labute approximate surface area is 92.0 Å². The molecule has 0 aliphatic rings. The molecule has 0 radical (unpaired) electrons. The van der Waals surface area contributed by atoms with Crippen LogP contribution in [0.4, 0.5) is 0 Å². The molecule has 90 valence electrons. The van der Waals surface area contributed by atoms with Gasteiger partial charge in [0.2, 0.25) is 10.0 Å². The molecular weight excluding hydrogens is 257 g/mol. The van der Waals surface area contributed by atoms with Crippen LogP contribution in [0.2, 0.25) is 0 Å². The van der Waals surface area contributed by atoms with Crippen molar-refractivity contribution in [3.63, 3.8) is 0 Å². The van der Waals surface area contributed by atoms with Crippen LogP contribution in [-0.4, -0.2) is 23.3 Å². The van der Waals surface area contributed by atoms with E-state index in [0.29, 0.717) is 0 Å². The highest BCUT2D eigenvalue weighted by atomic mass is 32.2. The van der Waals surface area contributed by atoms with Crippen LogP contribution in [0.25, 0.3) is 0 Å². The average molecular weight is 267 g/mol. The van der Waals surface area contributed by atoms with Gasteiger partial charge < -0.3 is 14.9 Å². The topological polar surface area (TPSA) is 124 Å². The molecule has 16 heavy (non-hydrogen) atoms. The van der Waals surface area contributed by atoms with Crippen LogP contribution in [-0.2, 0) is 14.6 Å². The molecule has 0 amide bonds. The van der Waals surface area contributed by atoms with E-state index < -0.39 is 17.8 Å². The van der Waals surface area contributed by atoms with Gasteiger partial charge in [0.25, 0.3) is 0 Å². The Morgan fingerprint density at radius 3 is 2.38 bits per heavy atom. The van der Waals surface area contributed by atoms with E-state index in [0.717, 1.165) is 6.07 Å². The maximum Gasteiger partial charge on any atom is 0.414 e. The molecular formula is C7H10NO6PS. The number of aryl methyl sites for hydroxylation is 1. The lowest BCUT2D eigenvalue weighted by Gasteiger charge is -2.10. The number of sulfonamides is 1. The number of aromatic hydroxyl groups is 1. The lowest BCUT2D eigenvalue weighted by molar-refractivity contribution is 0.368. The molecule has 0 aromatic heterocycles. The first-order valence-corrected chi connectivity index (χ1v) is 7.10. The Hall–Kier alpha value is -0.920. The van der Waals surface area contributed by atoms with Crippen molar-refractivity contribution >= 4 is 17.8 Å². The molecule has 9 heteroatoms. The molecule has 1 aromatic carbocycles. The Balaban J connectivity index is 3.28. The van der Waals surface area contributed by atoms with Crippen LogP contribution in [0, 0.1) is 6.92 Å². The van der Waals surface area contributed by atoms with Gasteiger partial charge >= 0.3 is 7.75 Å². The summed E-state index contributed by atoms with van der Waals surface area (Å²) in [6.45, 7) is 1.44. The summed E-state index contributed by atoms with van der Waals surface area (Å²) < 4.78 is 34.8. The molecule has 1 aromatic rings. The van der Waals surface area contributed by atoms with Gasteiger partial charge in [-0.2, -0.15) is 0 Å². The number of hydrogen-bond acceptors (Lipinski definition) is 4. The highest BCUT2D eigenvalue weighted by molar-refractivity contribution is 7.94. The Bertz CT molecular complexity index is 548. The number of hydrogen-bond donors (Lipinski definition) is 4. The molecule has 4 N–H and O–H groups in total. The van der Waals surface area contributed by atoms with E-state index in [4.69, 9.17) is 14.9 Å². The fraction of sp³-hybridized carbons (Fsp3) is 0.143. The standard InChI is InChI=1S/C7H10NO6PS/c1-5-2-3-6(9)4-7(5)16(13,14)8-15(10,11)12/h2-4,9H,1H3,(H3,8,10,11,12). The Kier molecular flexibility index (Phi) is 3.41. The predicted molar refractivity (Wildman–Crippen MR) is 55.2 cm³/mol. The molecule has 1 rings (SSSR count). The van der Waals surface area contributed by atoms with E-state index in [1.54, 1.807) is 0 Å². The van der Waals surface area contributed by atoms with Gasteiger partial charge in [0, 0.05) is 6.07 Å². The summed E-state index contributed by atoms with van der Waals surface area (Å²) in [6, 6.07) is 3.50. The molecule has 0 spiro atoms. The summed E-state index contributed by atoms with van der Waals surface area (Å²) in [4.78, 5) is 16.7. The fourth-order valence-electron chi connectivity index (χ4n) is 1.08. The minimum Gasteiger partial charge on any atom is -0.508 e. The third kappa shape index (κ3) is 3.29. The molecule has 7 nitrogen and oxygen atoms in total. The van der Waals surface area contributed by atoms with E-state index in [1.165, 1.54) is 23.5 Å². The van der Waals surface area contributed by atoms with Crippen molar-refractivity contribution in [3.8, 4) is 5.75 Å². The third-order valence-corrected chi connectivity index (χ3v) is 4.63. The number of benzene rings is 1. The van der Waals surface area contributed by atoms with Crippen molar-refractivity contribution in [2.45, 2.75) is 11.8 Å². The van der Waals surface area contributed by atoms with Gasteiger partial charge in [-0.3, -0.25) is 0 Å². The van der Waals surface area contributed by atoms with Crippen LogP contribution in [0.3, 0.4) is 0 Å². The second-order valence-electron chi connectivity index (χ2n) is 3.09. The smallest absolute Gasteiger partial charge is 0.414 e. The summed E-state index contributed by atoms with van der Waals surface area (Å²) in [5, 5.41) is 9.11. The van der Waals surface area contributed by atoms with E-state index in [9.17, 15) is 13.0 Å². The van der Waals surface area contributed by atoms with Crippen LogP contribution < -0.4 is 4.49 Å². The largest absolute Gasteiger partial charge is 0.508 e. The predicted octanol–water partition coefficient (Wildman–Crippen LogP) is 0.0716. The van der Waals surface area contributed by atoms with E-state index in [-0.39, 0.29) is 16.2 Å². The summed E-state index contributed by atoms with van der Waals surface area (Å²) in [6.07, 6.45) is 0. The summed E-state index contributed by atoms with van der Waals surface area (Å²) in [7, 11) is -9.25. The third-order valence-electron chi connectivity index (χ3n) is 1.70. The van der Waals surface area contributed by atoms with Gasteiger partial charge in [0.15, 0.2) is 0 Å². The first-order valence-electron chi connectivity index (χ1n) is 4.01. The quantitative estimate of drug-likeness (QED) is 0.574. The highest BCUT2D eigenvalue weighted by Crippen LogP contribution is 2.32. The maximum absolute atomic E-state index is 11.5. The molecule has 0 bridgehead atoms. The lowest BCUT2D eigenvalue weighted by Crippen LogP contribution is -2.21. The molecule has 0 fully saturated rings. The van der Waals surface area contributed by atoms with Crippen molar-refractivity contribution in [2.75, 3.05) is 0 Å². The monoisotopic (exact) mass is 267 g/mol. The van der Waals surface area contributed by atoms with E-state index in [2.05, 4.69) is 0 Å². The van der Waals surface area contributed by atoms with Gasteiger partial charge in [-0.25, -0.2) is 13.0 Å². The first kappa shape index (κ1) is 13.1. The molecule has 0 aliphatic carbocycles. The van der Waals surface area contributed by atoms with Crippen LogP contribution in [0.1, 0.15) is 5.56 Å². The molecule has 0 heterocycles. The van der Waals surface area contributed by atoms with Crippen molar-refractivity contribution < 1.29 is 27.9 Å². The van der Waals surface area contributed by atoms with Gasteiger partial charge in [-0.1, -0.05) is 6.07 Å². The number of phenolic OH excluding ortho intramolecular Hbond substituents is 1. The average Bonchev–Trinajstić information content (AvgIpc) is 2.04. The fourth-order valence-corrected chi connectivity index (χ4v) is 3.50. The zero-order valence-electron chi connectivity index (χ0n) is 8.15. The Morgan fingerprint density at radius 2 is 1.88 bits per heavy atom. The van der Waals surface area contributed by atoms with E-state index in [1.807, 2.05) is 0 Å². The Morgan fingerprint density at radius 1 is 1.31 bits per heavy atom. The van der Waals surface area contributed by atoms with Crippen molar-refractivity contribution in [1.29, 1.82) is 0 Å². The zero-order chi connectivity index (χ0) is 12.6. The zero-order valence-corrected chi connectivity index (χ0v) is 9.86. The van der Waals surface area contributed by atoms with Crippen molar-refractivity contribution in [3.05, 3.63) is 23.8 Å². The number of rotatable bonds is 3. The summed E-state index contributed by atoms with van der Waals surface area (Å²) in [5.74, 6) is -0.309. The molecule has 0 aliphatic heterocycles. The number of phenols is 1. The minimum absolute atomic E-state index is 0.263. The molecule has 0 unspecified atom stereocenters.